The molecule has 2 aromatic heterocycles. The van der Waals surface area contributed by atoms with Gasteiger partial charge >= 0.3 is 5.97 Å². The van der Waals surface area contributed by atoms with Crippen molar-refractivity contribution < 1.29 is 9.90 Å². The number of fused-ring (bicyclic) bond motifs is 1. The zero-order valence-electron chi connectivity index (χ0n) is 16.9. The Morgan fingerprint density at radius 3 is 2.58 bits per heavy atom. The number of carboxylic acid groups (broad SMARTS) is 1. The number of anilines is 1. The zero-order chi connectivity index (χ0) is 21.5. The Labute approximate surface area is 183 Å². The molecule has 1 aliphatic heterocycles. The highest BCUT2D eigenvalue weighted by atomic mass is 35.5. The fourth-order valence-corrected chi connectivity index (χ4v) is 4.28. The number of nitrogens with zero attached hydrogens (tertiary/aromatic N) is 5. The van der Waals surface area contributed by atoms with Crippen molar-refractivity contribution >= 4 is 34.3 Å². The van der Waals surface area contributed by atoms with Crippen LogP contribution < -0.4 is 4.90 Å². The van der Waals surface area contributed by atoms with Crippen molar-refractivity contribution in [3.8, 4) is 17.1 Å². The monoisotopic (exact) mass is 433 g/mol. The van der Waals surface area contributed by atoms with Crippen LogP contribution in [0.1, 0.15) is 28.8 Å². The number of carbonyl (C=O) groups is 1. The summed E-state index contributed by atoms with van der Waals surface area (Å²) in [5, 5.41) is 14.9. The van der Waals surface area contributed by atoms with Crippen molar-refractivity contribution in [1.29, 1.82) is 0 Å². The predicted molar refractivity (Wildman–Crippen MR) is 120 cm³/mol. The van der Waals surface area contributed by atoms with Crippen molar-refractivity contribution in [2.45, 2.75) is 19.8 Å². The minimum absolute atomic E-state index is 0.0827. The van der Waals surface area contributed by atoms with Crippen molar-refractivity contribution in [1.82, 2.24) is 19.7 Å². The molecule has 8 heteroatoms. The Balaban J connectivity index is 1.73. The highest BCUT2D eigenvalue weighted by Gasteiger charge is 2.21. The average Bonchev–Trinajstić information content (AvgIpc) is 3.45. The number of carboxylic acids is 1. The summed E-state index contributed by atoms with van der Waals surface area (Å²) in [5.74, 6) is 0.0932. The average molecular weight is 434 g/mol. The summed E-state index contributed by atoms with van der Waals surface area (Å²) < 4.78 is 1.39. The van der Waals surface area contributed by atoms with Crippen LogP contribution in [0.5, 0.6) is 0 Å². The first-order valence-electron chi connectivity index (χ1n) is 10.1. The van der Waals surface area contributed by atoms with Crippen LogP contribution in [0, 0.1) is 6.92 Å². The van der Waals surface area contributed by atoms with E-state index < -0.39 is 5.97 Å². The van der Waals surface area contributed by atoms with Crippen molar-refractivity contribution in [3.63, 3.8) is 0 Å². The molecule has 0 unspecified atom stereocenters. The van der Waals surface area contributed by atoms with Crippen LogP contribution in [0.4, 0.5) is 5.82 Å². The summed E-state index contributed by atoms with van der Waals surface area (Å²) in [6.07, 6.45) is 4.91. The molecule has 0 bridgehead atoms. The summed E-state index contributed by atoms with van der Waals surface area (Å²) in [6, 6.07) is 12.0. The van der Waals surface area contributed by atoms with Gasteiger partial charge in [-0.3, -0.25) is 0 Å². The maximum Gasteiger partial charge on any atom is 0.338 e. The van der Waals surface area contributed by atoms with E-state index in [0.29, 0.717) is 16.5 Å². The molecule has 1 saturated heterocycles. The first-order valence-corrected chi connectivity index (χ1v) is 10.5. The maximum atomic E-state index is 11.3. The number of aromatic carboxylic acids is 1. The first kappa shape index (κ1) is 19.5. The van der Waals surface area contributed by atoms with E-state index in [1.54, 1.807) is 0 Å². The Hall–Kier alpha value is -3.45. The topological polar surface area (TPSA) is 84.1 Å². The lowest BCUT2D eigenvalue weighted by Gasteiger charge is -2.20. The summed E-state index contributed by atoms with van der Waals surface area (Å²) in [6.45, 7) is 3.88. The third kappa shape index (κ3) is 3.51. The van der Waals surface area contributed by atoms with E-state index in [4.69, 9.17) is 16.6 Å². The van der Waals surface area contributed by atoms with Gasteiger partial charge in [-0.1, -0.05) is 35.9 Å². The molecule has 0 saturated carbocycles. The van der Waals surface area contributed by atoms with Crippen LogP contribution in [-0.2, 0) is 0 Å². The van der Waals surface area contributed by atoms with Gasteiger partial charge in [-0.2, -0.15) is 10.1 Å². The second-order valence-corrected chi connectivity index (χ2v) is 8.09. The number of aromatic nitrogens is 4. The van der Waals surface area contributed by atoms with Gasteiger partial charge in [-0.15, -0.1) is 0 Å². The third-order valence-electron chi connectivity index (χ3n) is 5.63. The lowest BCUT2D eigenvalue weighted by Crippen LogP contribution is -2.20. The standard InChI is InChI=1S/C23H20ClN5O2/c1-14-6-2-3-7-16(14)17-10-18-20(11-19(17)24)26-23(27-21(18)28-8-4-5-9-28)29-13-15(12-25-29)22(30)31/h2-3,6-7,10-13H,4-5,8-9H2,1H3,(H,30,31). The number of halogens is 1. The van der Waals surface area contributed by atoms with E-state index in [-0.39, 0.29) is 5.56 Å². The summed E-state index contributed by atoms with van der Waals surface area (Å²) in [4.78, 5) is 22.9. The molecule has 0 amide bonds. The Kier molecular flexibility index (Phi) is 4.82. The minimum Gasteiger partial charge on any atom is -0.478 e. The van der Waals surface area contributed by atoms with Gasteiger partial charge in [0.05, 0.1) is 22.3 Å². The molecule has 1 aliphatic rings. The zero-order valence-corrected chi connectivity index (χ0v) is 17.7. The lowest BCUT2D eigenvalue weighted by molar-refractivity contribution is 0.0697. The van der Waals surface area contributed by atoms with Gasteiger partial charge in [0.15, 0.2) is 0 Å². The second kappa shape index (κ2) is 7.67. The number of rotatable bonds is 4. The van der Waals surface area contributed by atoms with E-state index in [0.717, 1.165) is 53.8 Å². The molecule has 0 atom stereocenters. The third-order valence-corrected chi connectivity index (χ3v) is 5.94. The number of hydrogen-bond donors (Lipinski definition) is 1. The quantitative estimate of drug-likeness (QED) is 0.500. The molecule has 156 valence electrons. The van der Waals surface area contributed by atoms with Crippen LogP contribution in [0.25, 0.3) is 28.0 Å². The van der Waals surface area contributed by atoms with Crippen LogP contribution in [0.15, 0.2) is 48.8 Å². The second-order valence-electron chi connectivity index (χ2n) is 7.68. The number of hydrogen-bond acceptors (Lipinski definition) is 5. The van der Waals surface area contributed by atoms with E-state index >= 15 is 0 Å². The molecule has 7 nitrogen and oxygen atoms in total. The molecule has 31 heavy (non-hydrogen) atoms. The molecule has 2 aromatic carbocycles. The largest absolute Gasteiger partial charge is 0.478 e. The maximum absolute atomic E-state index is 11.3. The lowest BCUT2D eigenvalue weighted by atomic mass is 9.99. The van der Waals surface area contributed by atoms with Gasteiger partial charge in [-0.25, -0.2) is 14.5 Å². The molecular weight excluding hydrogens is 414 g/mol. The smallest absolute Gasteiger partial charge is 0.338 e. The van der Waals surface area contributed by atoms with Crippen LogP contribution in [-0.4, -0.2) is 43.9 Å². The fourth-order valence-electron chi connectivity index (χ4n) is 4.02. The SMILES string of the molecule is Cc1ccccc1-c1cc2c(N3CCCC3)nc(-n3cc(C(=O)O)cn3)nc2cc1Cl. The highest BCUT2D eigenvalue weighted by molar-refractivity contribution is 6.34. The Morgan fingerprint density at radius 2 is 1.87 bits per heavy atom. The van der Waals surface area contributed by atoms with Gasteiger partial charge in [0.2, 0.25) is 0 Å². The molecule has 0 aliphatic carbocycles. The Bertz CT molecular complexity index is 1310. The molecule has 1 N–H and O–H groups in total. The Morgan fingerprint density at radius 1 is 1.10 bits per heavy atom. The number of aryl methyl sites for hydroxylation is 1. The minimum atomic E-state index is -1.04. The number of benzene rings is 2. The van der Waals surface area contributed by atoms with Gasteiger partial charge in [0.1, 0.15) is 5.82 Å². The molecule has 4 aromatic rings. The molecule has 5 rings (SSSR count). The predicted octanol–water partition coefficient (Wildman–Crippen LogP) is 4.74. The van der Waals surface area contributed by atoms with Crippen molar-refractivity contribution in [3.05, 3.63) is 64.9 Å². The van der Waals surface area contributed by atoms with Crippen molar-refractivity contribution in [2.24, 2.45) is 0 Å². The van der Waals surface area contributed by atoms with Crippen LogP contribution in [0.2, 0.25) is 5.02 Å². The van der Waals surface area contributed by atoms with Crippen molar-refractivity contribution in [2.75, 3.05) is 18.0 Å². The molecule has 1 fully saturated rings. The molecule has 3 heterocycles. The highest BCUT2D eigenvalue weighted by Crippen LogP contribution is 2.37. The van der Waals surface area contributed by atoms with Crippen LogP contribution >= 0.6 is 11.6 Å². The molecule has 0 spiro atoms. The normalized spacial score (nSPS) is 13.8. The molecular formula is C23H20ClN5O2. The van der Waals surface area contributed by atoms with Crippen LogP contribution in [0.3, 0.4) is 0 Å². The van der Waals surface area contributed by atoms with E-state index in [2.05, 4.69) is 40.1 Å². The first-order chi connectivity index (χ1) is 15.0. The summed E-state index contributed by atoms with van der Waals surface area (Å²) in [5.41, 5.74) is 3.93. The van der Waals surface area contributed by atoms with Gasteiger partial charge in [0, 0.05) is 30.2 Å². The van der Waals surface area contributed by atoms with Gasteiger partial charge in [-0.05, 0) is 43.0 Å². The van der Waals surface area contributed by atoms with E-state index in [1.807, 2.05) is 18.2 Å². The molecule has 0 radical (unpaired) electrons. The van der Waals surface area contributed by atoms with Gasteiger partial charge in [0.25, 0.3) is 5.95 Å². The van der Waals surface area contributed by atoms with E-state index in [1.165, 1.54) is 17.1 Å². The summed E-state index contributed by atoms with van der Waals surface area (Å²) in [7, 11) is 0. The van der Waals surface area contributed by atoms with E-state index in [9.17, 15) is 9.90 Å². The fraction of sp³-hybridized carbons (Fsp3) is 0.217. The summed E-state index contributed by atoms with van der Waals surface area (Å²) >= 11 is 6.69. The van der Waals surface area contributed by atoms with Gasteiger partial charge < -0.3 is 10.0 Å².